The zero-order valence-corrected chi connectivity index (χ0v) is 9.20. The molecule has 2 heterocycles. The van der Waals surface area contributed by atoms with Gasteiger partial charge in [-0.2, -0.15) is 9.90 Å². The molecule has 0 spiro atoms. The number of hydrogen-bond acceptors (Lipinski definition) is 8. The largest absolute Gasteiger partial charge is 0.269 e. The van der Waals surface area contributed by atoms with E-state index in [1.165, 1.54) is 28.9 Å². The minimum atomic E-state index is -0.483. The maximum atomic E-state index is 10.6. The summed E-state index contributed by atoms with van der Waals surface area (Å²) in [5.41, 5.74) is 0.535. The third kappa shape index (κ3) is 1.88. The lowest BCUT2D eigenvalue weighted by molar-refractivity contribution is -0.384. The molecule has 0 saturated carbocycles. The minimum Gasteiger partial charge on any atom is -0.258 e. The lowest BCUT2D eigenvalue weighted by Gasteiger charge is -2.00. The number of aromatic amines is 1. The van der Waals surface area contributed by atoms with Crippen LogP contribution < -0.4 is 0 Å². The molecule has 0 aliphatic rings. The standard InChI is InChI=1S/C8H5N9O2/c18-17(19)6-3-1-5(2-4-6)16-8(11-14-15-16)7-9-12-13-10-7/h1-4H,(H,9,10,12,13). The van der Waals surface area contributed by atoms with E-state index >= 15 is 0 Å². The van der Waals surface area contributed by atoms with Gasteiger partial charge in [-0.1, -0.05) is 0 Å². The quantitative estimate of drug-likeness (QED) is 0.501. The van der Waals surface area contributed by atoms with Crippen LogP contribution in [0.25, 0.3) is 17.3 Å². The number of nitro benzene ring substituents is 1. The number of tetrazole rings is 2. The second-order valence-corrected chi connectivity index (χ2v) is 3.42. The zero-order valence-electron chi connectivity index (χ0n) is 9.20. The molecule has 1 aromatic carbocycles. The van der Waals surface area contributed by atoms with Gasteiger partial charge in [-0.3, -0.25) is 10.1 Å². The number of nitro groups is 1. The SMILES string of the molecule is O=[N+]([O-])c1ccc(-n2nnnc2-c2nn[nH]n2)cc1. The maximum absolute atomic E-state index is 10.6. The molecule has 0 saturated heterocycles. The molecule has 19 heavy (non-hydrogen) atoms. The summed E-state index contributed by atoms with van der Waals surface area (Å²) in [5.74, 6) is 0.506. The van der Waals surface area contributed by atoms with Crippen LogP contribution in [-0.2, 0) is 0 Å². The van der Waals surface area contributed by atoms with Gasteiger partial charge in [-0.25, -0.2) is 0 Å². The predicted octanol–water partition coefficient (Wildman–Crippen LogP) is -0.249. The topological polar surface area (TPSA) is 141 Å². The second-order valence-electron chi connectivity index (χ2n) is 3.42. The lowest BCUT2D eigenvalue weighted by atomic mass is 10.3. The van der Waals surface area contributed by atoms with Crippen molar-refractivity contribution in [1.82, 2.24) is 40.8 Å². The van der Waals surface area contributed by atoms with Crippen LogP contribution in [0.2, 0.25) is 0 Å². The summed E-state index contributed by atoms with van der Waals surface area (Å²) in [6.07, 6.45) is 0. The van der Waals surface area contributed by atoms with Crippen molar-refractivity contribution >= 4 is 5.69 Å². The summed E-state index contributed by atoms with van der Waals surface area (Å²) in [4.78, 5) is 10.1. The summed E-state index contributed by atoms with van der Waals surface area (Å²) < 4.78 is 1.36. The summed E-state index contributed by atoms with van der Waals surface area (Å²) >= 11 is 0. The van der Waals surface area contributed by atoms with Crippen LogP contribution in [0.3, 0.4) is 0 Å². The van der Waals surface area contributed by atoms with Gasteiger partial charge in [0.15, 0.2) is 0 Å². The van der Waals surface area contributed by atoms with Crippen LogP contribution >= 0.6 is 0 Å². The Hall–Kier alpha value is -3.24. The van der Waals surface area contributed by atoms with Crippen molar-refractivity contribution in [2.75, 3.05) is 0 Å². The van der Waals surface area contributed by atoms with Crippen molar-refractivity contribution < 1.29 is 4.92 Å². The fourth-order valence-corrected chi connectivity index (χ4v) is 1.47. The smallest absolute Gasteiger partial charge is 0.258 e. The number of non-ortho nitro benzene ring substituents is 1. The molecule has 0 unspecified atom stereocenters. The van der Waals surface area contributed by atoms with E-state index in [9.17, 15) is 10.1 Å². The highest BCUT2D eigenvalue weighted by molar-refractivity contribution is 5.48. The van der Waals surface area contributed by atoms with E-state index in [4.69, 9.17) is 0 Å². The van der Waals surface area contributed by atoms with Gasteiger partial charge in [0.2, 0.25) is 11.6 Å². The van der Waals surface area contributed by atoms with Crippen molar-refractivity contribution in [3.05, 3.63) is 34.4 Å². The normalized spacial score (nSPS) is 10.5. The summed E-state index contributed by atoms with van der Waals surface area (Å²) in [6, 6.07) is 5.77. The Kier molecular flexibility index (Phi) is 2.41. The van der Waals surface area contributed by atoms with Gasteiger partial charge in [-0.05, 0) is 27.8 Å². The molecular formula is C8H5N9O2. The highest BCUT2D eigenvalue weighted by atomic mass is 16.6. The van der Waals surface area contributed by atoms with E-state index in [-0.39, 0.29) is 17.3 Å². The fourth-order valence-electron chi connectivity index (χ4n) is 1.47. The van der Waals surface area contributed by atoms with E-state index in [0.29, 0.717) is 5.69 Å². The molecule has 0 fully saturated rings. The average Bonchev–Trinajstić information content (AvgIpc) is 3.09. The fraction of sp³-hybridized carbons (Fsp3) is 0. The highest BCUT2D eigenvalue weighted by Gasteiger charge is 2.15. The second kappa shape index (κ2) is 4.21. The van der Waals surface area contributed by atoms with Gasteiger partial charge in [0.05, 0.1) is 10.6 Å². The zero-order chi connectivity index (χ0) is 13.2. The van der Waals surface area contributed by atoms with Gasteiger partial charge in [-0.15, -0.1) is 15.3 Å². The number of nitrogens with one attached hydrogen (secondary N) is 1. The Balaban J connectivity index is 2.03. The van der Waals surface area contributed by atoms with Crippen molar-refractivity contribution in [2.24, 2.45) is 0 Å². The molecule has 1 N–H and O–H groups in total. The van der Waals surface area contributed by atoms with Crippen LogP contribution in [0.15, 0.2) is 24.3 Å². The van der Waals surface area contributed by atoms with Crippen LogP contribution in [0.1, 0.15) is 0 Å². The molecule has 11 heteroatoms. The number of benzene rings is 1. The number of rotatable bonds is 3. The van der Waals surface area contributed by atoms with Gasteiger partial charge >= 0.3 is 0 Å². The molecule has 0 atom stereocenters. The lowest BCUT2D eigenvalue weighted by Crippen LogP contribution is -2.01. The van der Waals surface area contributed by atoms with E-state index in [2.05, 4.69) is 36.1 Å². The number of nitrogens with zero attached hydrogens (tertiary/aromatic N) is 8. The first-order valence-electron chi connectivity index (χ1n) is 5.03. The molecule has 3 rings (SSSR count). The molecule has 2 aromatic heterocycles. The first-order chi connectivity index (χ1) is 9.25. The molecule has 0 bridgehead atoms. The number of hydrogen-bond donors (Lipinski definition) is 1. The molecule has 3 aromatic rings. The molecule has 11 nitrogen and oxygen atoms in total. The third-order valence-corrected chi connectivity index (χ3v) is 2.32. The minimum absolute atomic E-state index is 0.0158. The monoisotopic (exact) mass is 259 g/mol. The third-order valence-electron chi connectivity index (χ3n) is 2.32. The summed E-state index contributed by atoms with van der Waals surface area (Å²) in [7, 11) is 0. The van der Waals surface area contributed by atoms with Gasteiger partial charge in [0.1, 0.15) is 0 Å². The summed E-state index contributed by atoms with van der Waals surface area (Å²) in [5, 5.41) is 34.9. The molecule has 0 amide bonds. The predicted molar refractivity (Wildman–Crippen MR) is 59.0 cm³/mol. The van der Waals surface area contributed by atoms with E-state index in [1.807, 2.05) is 0 Å². The first kappa shape index (κ1) is 10.9. The van der Waals surface area contributed by atoms with Crippen molar-refractivity contribution in [1.29, 1.82) is 0 Å². The van der Waals surface area contributed by atoms with Crippen LogP contribution in [0.5, 0.6) is 0 Å². The van der Waals surface area contributed by atoms with E-state index in [1.54, 1.807) is 0 Å². The highest BCUT2D eigenvalue weighted by Crippen LogP contribution is 2.17. The molecule has 0 aliphatic heterocycles. The van der Waals surface area contributed by atoms with Crippen LogP contribution in [0, 0.1) is 10.1 Å². The Morgan fingerprint density at radius 1 is 1.21 bits per heavy atom. The Labute approximate surface area is 104 Å². The number of aromatic nitrogens is 8. The van der Waals surface area contributed by atoms with Crippen LogP contribution in [-0.4, -0.2) is 45.8 Å². The molecule has 0 aliphatic carbocycles. The van der Waals surface area contributed by atoms with Gasteiger partial charge < -0.3 is 0 Å². The number of H-pyrrole nitrogens is 1. The molecule has 94 valence electrons. The van der Waals surface area contributed by atoms with Crippen molar-refractivity contribution in [2.45, 2.75) is 0 Å². The summed E-state index contributed by atoms with van der Waals surface area (Å²) in [6.45, 7) is 0. The van der Waals surface area contributed by atoms with E-state index < -0.39 is 4.92 Å². The Morgan fingerprint density at radius 2 is 2.00 bits per heavy atom. The van der Waals surface area contributed by atoms with E-state index in [0.717, 1.165) is 0 Å². The Bertz CT molecular complexity index is 702. The van der Waals surface area contributed by atoms with Gasteiger partial charge in [0, 0.05) is 12.1 Å². The van der Waals surface area contributed by atoms with Gasteiger partial charge in [0.25, 0.3) is 5.69 Å². The average molecular weight is 259 g/mol. The van der Waals surface area contributed by atoms with Crippen LogP contribution in [0.4, 0.5) is 5.69 Å². The van der Waals surface area contributed by atoms with Crippen molar-refractivity contribution in [3.8, 4) is 17.3 Å². The first-order valence-corrected chi connectivity index (χ1v) is 5.03. The van der Waals surface area contributed by atoms with Crippen molar-refractivity contribution in [3.63, 3.8) is 0 Å². The maximum Gasteiger partial charge on any atom is 0.269 e. The Morgan fingerprint density at radius 3 is 2.63 bits per heavy atom. The molecular weight excluding hydrogens is 254 g/mol. The molecule has 0 radical (unpaired) electrons.